The highest BCUT2D eigenvalue weighted by atomic mass is 35.5. The lowest BCUT2D eigenvalue weighted by molar-refractivity contribution is -0.121. The molecule has 1 saturated heterocycles. The lowest BCUT2D eigenvalue weighted by Gasteiger charge is -2.31. The number of piperidine rings is 1. The number of carbonyl (C=O) groups is 1. The third-order valence-corrected chi connectivity index (χ3v) is 6.28. The number of halogens is 2. The van der Waals surface area contributed by atoms with Crippen LogP contribution in [0, 0.1) is 11.7 Å². The van der Waals surface area contributed by atoms with E-state index in [1.807, 2.05) is 36.4 Å². The normalized spacial score (nSPS) is 16.7. The number of hydrogen-bond acceptors (Lipinski definition) is 3. The Bertz CT molecular complexity index is 1290. The van der Waals surface area contributed by atoms with Gasteiger partial charge in [0.2, 0.25) is 5.91 Å². The highest BCUT2D eigenvalue weighted by Gasteiger charge is 2.27. The van der Waals surface area contributed by atoms with Gasteiger partial charge in [0.25, 0.3) is 0 Å². The molecule has 1 amide bonds. The first-order valence-electron chi connectivity index (χ1n) is 11.1. The number of amides is 1. The molecule has 1 atom stereocenters. The van der Waals surface area contributed by atoms with E-state index in [4.69, 9.17) is 16.6 Å². The van der Waals surface area contributed by atoms with E-state index in [1.165, 1.54) is 12.1 Å². The molecule has 1 fully saturated rings. The number of carbonyl (C=O) groups excluding carboxylic acids is 1. The Balaban J connectivity index is 1.36. The van der Waals surface area contributed by atoms with Crippen molar-refractivity contribution in [2.45, 2.75) is 19.4 Å². The van der Waals surface area contributed by atoms with Gasteiger partial charge in [-0.25, -0.2) is 9.37 Å². The van der Waals surface area contributed by atoms with Crippen molar-refractivity contribution in [3.05, 3.63) is 89.5 Å². The predicted molar refractivity (Wildman–Crippen MR) is 129 cm³/mol. The van der Waals surface area contributed by atoms with Gasteiger partial charge in [-0.2, -0.15) is 0 Å². The Morgan fingerprint density at radius 2 is 1.91 bits per heavy atom. The third kappa shape index (κ3) is 4.77. The molecule has 168 valence electrons. The number of aromatic nitrogens is 2. The van der Waals surface area contributed by atoms with Crippen LogP contribution in [0.25, 0.3) is 16.7 Å². The molecule has 1 aliphatic heterocycles. The van der Waals surface area contributed by atoms with Crippen molar-refractivity contribution in [2.24, 2.45) is 5.92 Å². The summed E-state index contributed by atoms with van der Waals surface area (Å²) in [5, 5.41) is 3.59. The molecule has 5 nitrogen and oxygen atoms in total. The highest BCUT2D eigenvalue weighted by molar-refractivity contribution is 6.30. The van der Waals surface area contributed by atoms with Crippen molar-refractivity contribution < 1.29 is 9.18 Å². The molecule has 4 aromatic rings. The molecular weight excluding hydrogens is 439 g/mol. The van der Waals surface area contributed by atoms with Gasteiger partial charge >= 0.3 is 0 Å². The van der Waals surface area contributed by atoms with Crippen LogP contribution in [0.1, 0.15) is 18.7 Å². The van der Waals surface area contributed by atoms with Crippen LogP contribution in [0.15, 0.2) is 72.8 Å². The molecule has 0 radical (unpaired) electrons. The third-order valence-electron chi connectivity index (χ3n) is 6.05. The lowest BCUT2D eigenvalue weighted by Crippen LogP contribution is -2.40. The fourth-order valence-electron chi connectivity index (χ4n) is 4.48. The predicted octanol–water partition coefficient (Wildman–Crippen LogP) is 5.67. The zero-order valence-corrected chi connectivity index (χ0v) is 18.8. The molecule has 1 N–H and O–H groups in total. The molecule has 5 rings (SSSR count). The molecule has 2 heterocycles. The van der Waals surface area contributed by atoms with E-state index in [0.29, 0.717) is 23.8 Å². The minimum atomic E-state index is -0.269. The zero-order valence-electron chi connectivity index (χ0n) is 18.0. The number of nitrogens with zero attached hydrogens (tertiary/aromatic N) is 3. The number of imidazole rings is 1. The summed E-state index contributed by atoms with van der Waals surface area (Å²) in [6, 6.07) is 21.6. The topological polar surface area (TPSA) is 50.2 Å². The number of hydrogen-bond donors (Lipinski definition) is 1. The van der Waals surface area contributed by atoms with Crippen LogP contribution >= 0.6 is 11.6 Å². The molecule has 0 aliphatic carbocycles. The molecule has 1 aliphatic rings. The number of anilines is 1. The van der Waals surface area contributed by atoms with Gasteiger partial charge < -0.3 is 5.32 Å². The number of likely N-dealkylation sites (tertiary alicyclic amines) is 1. The van der Waals surface area contributed by atoms with Gasteiger partial charge in [0.1, 0.15) is 11.6 Å². The zero-order chi connectivity index (χ0) is 22.8. The van der Waals surface area contributed by atoms with Gasteiger partial charge in [-0.05, 0) is 74.0 Å². The monoisotopic (exact) mass is 462 g/mol. The van der Waals surface area contributed by atoms with Gasteiger partial charge in [-0.15, -0.1) is 0 Å². The second-order valence-corrected chi connectivity index (χ2v) is 8.84. The number of benzene rings is 3. The Kier molecular flexibility index (Phi) is 6.11. The molecule has 1 aromatic heterocycles. The summed E-state index contributed by atoms with van der Waals surface area (Å²) in [6.45, 7) is 2.15. The van der Waals surface area contributed by atoms with Gasteiger partial charge in [0.05, 0.1) is 23.5 Å². The number of nitrogens with one attached hydrogen (secondary N) is 1. The molecular formula is C26H24ClFN4O. The Hall–Kier alpha value is -3.22. The number of para-hydroxylation sites is 2. The lowest BCUT2D eigenvalue weighted by atomic mass is 9.97. The molecule has 0 unspecified atom stereocenters. The van der Waals surface area contributed by atoms with Crippen LogP contribution in [-0.4, -0.2) is 33.4 Å². The number of rotatable bonds is 5. The minimum absolute atomic E-state index is 0.00834. The SMILES string of the molecule is O=C(Nc1cccc(Cl)c1)[C@H]1CCCN(Cc2nc3ccccc3n2-c2ccc(F)cc2)C1. The van der Waals surface area contributed by atoms with Crippen LogP contribution in [0.4, 0.5) is 10.1 Å². The highest BCUT2D eigenvalue weighted by Crippen LogP contribution is 2.26. The Morgan fingerprint density at radius 3 is 2.73 bits per heavy atom. The molecule has 0 saturated carbocycles. The quantitative estimate of drug-likeness (QED) is 0.416. The number of fused-ring (bicyclic) bond motifs is 1. The van der Waals surface area contributed by atoms with Crippen molar-refractivity contribution in [3.63, 3.8) is 0 Å². The van der Waals surface area contributed by atoms with Crippen molar-refractivity contribution in [2.75, 3.05) is 18.4 Å². The summed E-state index contributed by atoms with van der Waals surface area (Å²) in [7, 11) is 0. The van der Waals surface area contributed by atoms with Crippen molar-refractivity contribution >= 4 is 34.2 Å². The van der Waals surface area contributed by atoms with Crippen molar-refractivity contribution in [1.29, 1.82) is 0 Å². The largest absolute Gasteiger partial charge is 0.326 e. The second-order valence-electron chi connectivity index (χ2n) is 8.40. The molecule has 7 heteroatoms. The standard InChI is InChI=1S/C26H24ClFN4O/c27-19-6-3-7-21(15-19)29-26(33)18-5-4-14-31(16-18)17-25-30-23-8-1-2-9-24(23)32(25)22-12-10-20(28)11-13-22/h1-3,6-13,15,18H,4-5,14,16-17H2,(H,29,33)/t18-/m0/s1. The van der Waals surface area contributed by atoms with Gasteiger partial charge in [-0.3, -0.25) is 14.3 Å². The van der Waals surface area contributed by atoms with Crippen LogP contribution in [0.3, 0.4) is 0 Å². The summed E-state index contributed by atoms with van der Waals surface area (Å²) in [4.78, 5) is 20.0. The summed E-state index contributed by atoms with van der Waals surface area (Å²) in [6.07, 6.45) is 1.78. The van der Waals surface area contributed by atoms with Crippen molar-refractivity contribution in [1.82, 2.24) is 14.5 Å². The summed E-state index contributed by atoms with van der Waals surface area (Å²) >= 11 is 6.05. The maximum absolute atomic E-state index is 13.5. The van der Waals surface area contributed by atoms with E-state index in [0.717, 1.165) is 41.9 Å². The maximum atomic E-state index is 13.5. The van der Waals surface area contributed by atoms with E-state index < -0.39 is 0 Å². The first kappa shape index (κ1) is 21.6. The van der Waals surface area contributed by atoms with Gasteiger partial charge in [0.15, 0.2) is 0 Å². The smallest absolute Gasteiger partial charge is 0.228 e. The molecule has 0 spiro atoms. The maximum Gasteiger partial charge on any atom is 0.228 e. The van der Waals surface area contributed by atoms with E-state index in [-0.39, 0.29) is 17.6 Å². The van der Waals surface area contributed by atoms with Crippen LogP contribution in [0.5, 0.6) is 0 Å². The molecule has 3 aromatic carbocycles. The van der Waals surface area contributed by atoms with E-state index >= 15 is 0 Å². The van der Waals surface area contributed by atoms with Crippen LogP contribution < -0.4 is 5.32 Å². The first-order valence-corrected chi connectivity index (χ1v) is 11.5. The fraction of sp³-hybridized carbons (Fsp3) is 0.231. The molecule has 33 heavy (non-hydrogen) atoms. The van der Waals surface area contributed by atoms with Crippen LogP contribution in [0.2, 0.25) is 5.02 Å². The molecule has 0 bridgehead atoms. The second kappa shape index (κ2) is 9.33. The minimum Gasteiger partial charge on any atom is -0.326 e. The summed E-state index contributed by atoms with van der Waals surface area (Å²) < 4.78 is 15.6. The van der Waals surface area contributed by atoms with Gasteiger partial charge in [-0.1, -0.05) is 29.8 Å². The first-order chi connectivity index (χ1) is 16.1. The average molecular weight is 463 g/mol. The van der Waals surface area contributed by atoms with Crippen LogP contribution in [-0.2, 0) is 11.3 Å². The average Bonchev–Trinajstić information content (AvgIpc) is 3.17. The fourth-order valence-corrected chi connectivity index (χ4v) is 4.67. The van der Waals surface area contributed by atoms with Crippen molar-refractivity contribution in [3.8, 4) is 5.69 Å². The summed E-state index contributed by atoms with van der Waals surface area (Å²) in [5.74, 6) is 0.503. The van der Waals surface area contributed by atoms with E-state index in [1.54, 1.807) is 24.3 Å². The summed E-state index contributed by atoms with van der Waals surface area (Å²) in [5.41, 5.74) is 3.45. The Labute approximate surface area is 196 Å². The van der Waals surface area contributed by atoms with Gasteiger partial charge in [0, 0.05) is 22.9 Å². The van der Waals surface area contributed by atoms with E-state index in [9.17, 15) is 9.18 Å². The van der Waals surface area contributed by atoms with E-state index in [2.05, 4.69) is 14.8 Å². The Morgan fingerprint density at radius 1 is 1.09 bits per heavy atom.